The summed E-state index contributed by atoms with van der Waals surface area (Å²) in [6.45, 7) is 0. The minimum Gasteiger partial charge on any atom is -0.356 e. The standard InChI is InChI=1S/C15H11BrN4O2/c16-10-7-12(18-8-10)15(22)20-19-14(21)11-5-1-3-9-4-2-6-17-13(9)11/h1-8,18H,(H,19,21)(H,20,22). The number of para-hydroxylation sites is 1. The van der Waals surface area contributed by atoms with Gasteiger partial charge in [-0.25, -0.2) is 0 Å². The summed E-state index contributed by atoms with van der Waals surface area (Å²) in [6, 6.07) is 10.6. The van der Waals surface area contributed by atoms with Gasteiger partial charge >= 0.3 is 0 Å². The highest BCUT2D eigenvalue weighted by molar-refractivity contribution is 9.10. The number of nitrogens with one attached hydrogen (secondary N) is 3. The second-order valence-corrected chi connectivity index (χ2v) is 5.44. The van der Waals surface area contributed by atoms with Gasteiger partial charge in [-0.2, -0.15) is 0 Å². The number of hydrogen-bond donors (Lipinski definition) is 3. The molecule has 0 atom stereocenters. The molecule has 0 radical (unpaired) electrons. The minimum atomic E-state index is -0.438. The van der Waals surface area contributed by atoms with E-state index in [1.165, 1.54) is 0 Å². The number of pyridine rings is 1. The van der Waals surface area contributed by atoms with E-state index in [1.807, 2.05) is 12.1 Å². The molecule has 0 saturated carbocycles. The monoisotopic (exact) mass is 358 g/mol. The average Bonchev–Trinajstić information content (AvgIpc) is 2.98. The number of hydrazine groups is 1. The number of amides is 2. The Bertz CT molecular complexity index is 854. The fourth-order valence-corrected chi connectivity index (χ4v) is 2.38. The van der Waals surface area contributed by atoms with Crippen molar-refractivity contribution in [3.05, 3.63) is 64.5 Å². The van der Waals surface area contributed by atoms with E-state index in [0.717, 1.165) is 9.86 Å². The van der Waals surface area contributed by atoms with Crippen LogP contribution >= 0.6 is 15.9 Å². The SMILES string of the molecule is O=C(NNC(=O)c1cccc2cccnc12)c1cc(Br)c[nH]1. The Balaban J connectivity index is 1.75. The maximum Gasteiger partial charge on any atom is 0.286 e. The van der Waals surface area contributed by atoms with Gasteiger partial charge in [0.05, 0.1) is 11.1 Å². The number of aromatic nitrogens is 2. The van der Waals surface area contributed by atoms with Crippen LogP contribution < -0.4 is 10.9 Å². The Morgan fingerprint density at radius 3 is 2.64 bits per heavy atom. The summed E-state index contributed by atoms with van der Waals surface area (Å²) in [7, 11) is 0. The maximum atomic E-state index is 12.2. The fraction of sp³-hybridized carbons (Fsp3) is 0. The molecule has 0 aliphatic carbocycles. The van der Waals surface area contributed by atoms with Gasteiger partial charge in [0.1, 0.15) is 5.69 Å². The van der Waals surface area contributed by atoms with E-state index in [2.05, 4.69) is 36.7 Å². The van der Waals surface area contributed by atoms with Crippen molar-refractivity contribution in [2.24, 2.45) is 0 Å². The normalized spacial score (nSPS) is 10.4. The van der Waals surface area contributed by atoms with E-state index in [-0.39, 0.29) is 0 Å². The first-order valence-corrected chi connectivity index (χ1v) is 7.23. The van der Waals surface area contributed by atoms with Crippen LogP contribution in [0.4, 0.5) is 0 Å². The number of nitrogens with zero attached hydrogens (tertiary/aromatic N) is 1. The van der Waals surface area contributed by atoms with Crippen LogP contribution in [0.25, 0.3) is 10.9 Å². The molecule has 1 aromatic carbocycles. The number of carbonyl (C=O) groups excluding carboxylic acids is 2. The largest absolute Gasteiger partial charge is 0.356 e. The Labute approximate surface area is 134 Å². The molecule has 3 aromatic rings. The van der Waals surface area contributed by atoms with Crippen molar-refractivity contribution in [2.45, 2.75) is 0 Å². The van der Waals surface area contributed by atoms with Crippen LogP contribution in [0.3, 0.4) is 0 Å². The van der Waals surface area contributed by atoms with Gasteiger partial charge < -0.3 is 4.98 Å². The summed E-state index contributed by atoms with van der Waals surface area (Å²) in [5.74, 6) is -0.865. The molecule has 0 spiro atoms. The number of halogens is 1. The van der Waals surface area contributed by atoms with Crippen LogP contribution in [0.15, 0.2) is 53.3 Å². The van der Waals surface area contributed by atoms with Crippen LogP contribution in [-0.2, 0) is 0 Å². The quantitative estimate of drug-likeness (QED) is 0.614. The summed E-state index contributed by atoms with van der Waals surface area (Å²) >= 11 is 3.24. The van der Waals surface area contributed by atoms with Crippen LogP contribution in [0.5, 0.6) is 0 Å². The summed E-state index contributed by atoms with van der Waals surface area (Å²) in [4.78, 5) is 31.1. The molecule has 0 aliphatic rings. The fourth-order valence-electron chi connectivity index (χ4n) is 2.03. The molecule has 3 N–H and O–H groups in total. The van der Waals surface area contributed by atoms with Gasteiger partial charge in [0.15, 0.2) is 0 Å². The molecular formula is C15H11BrN4O2. The van der Waals surface area contributed by atoms with Gasteiger partial charge in [-0.1, -0.05) is 18.2 Å². The molecule has 110 valence electrons. The van der Waals surface area contributed by atoms with Crippen molar-refractivity contribution in [1.29, 1.82) is 0 Å². The van der Waals surface area contributed by atoms with E-state index >= 15 is 0 Å². The van der Waals surface area contributed by atoms with Gasteiger partial charge in [-0.3, -0.25) is 25.4 Å². The number of carbonyl (C=O) groups is 2. The zero-order chi connectivity index (χ0) is 15.5. The molecule has 2 aromatic heterocycles. The lowest BCUT2D eigenvalue weighted by Gasteiger charge is -2.08. The first kappa shape index (κ1) is 14.3. The third-order valence-corrected chi connectivity index (χ3v) is 3.52. The number of hydrogen-bond acceptors (Lipinski definition) is 3. The predicted molar refractivity (Wildman–Crippen MR) is 85.2 cm³/mol. The second-order valence-electron chi connectivity index (χ2n) is 4.52. The molecule has 0 aliphatic heterocycles. The highest BCUT2D eigenvalue weighted by Crippen LogP contribution is 2.15. The zero-order valence-corrected chi connectivity index (χ0v) is 12.8. The van der Waals surface area contributed by atoms with Crippen molar-refractivity contribution in [3.8, 4) is 0 Å². The van der Waals surface area contributed by atoms with Crippen molar-refractivity contribution >= 4 is 38.6 Å². The maximum absolute atomic E-state index is 12.2. The second kappa shape index (κ2) is 5.98. The molecule has 0 fully saturated rings. The van der Waals surface area contributed by atoms with Crippen molar-refractivity contribution in [3.63, 3.8) is 0 Å². The van der Waals surface area contributed by atoms with Crippen molar-refractivity contribution in [2.75, 3.05) is 0 Å². The highest BCUT2D eigenvalue weighted by atomic mass is 79.9. The molecule has 22 heavy (non-hydrogen) atoms. The lowest BCUT2D eigenvalue weighted by Crippen LogP contribution is -2.41. The Morgan fingerprint density at radius 2 is 1.86 bits per heavy atom. The van der Waals surface area contributed by atoms with Crippen LogP contribution in [-0.4, -0.2) is 21.8 Å². The summed E-state index contributed by atoms with van der Waals surface area (Å²) in [6.07, 6.45) is 3.25. The molecule has 3 rings (SSSR count). The van der Waals surface area contributed by atoms with Crippen molar-refractivity contribution in [1.82, 2.24) is 20.8 Å². The average molecular weight is 359 g/mol. The van der Waals surface area contributed by atoms with E-state index in [1.54, 1.807) is 36.7 Å². The minimum absolute atomic E-state index is 0.336. The van der Waals surface area contributed by atoms with Gasteiger partial charge in [-0.15, -0.1) is 0 Å². The van der Waals surface area contributed by atoms with E-state index in [9.17, 15) is 9.59 Å². The van der Waals surface area contributed by atoms with Gasteiger partial charge in [0, 0.05) is 22.3 Å². The van der Waals surface area contributed by atoms with Crippen LogP contribution in [0.1, 0.15) is 20.8 Å². The van der Waals surface area contributed by atoms with Crippen molar-refractivity contribution < 1.29 is 9.59 Å². The van der Waals surface area contributed by atoms with E-state index in [4.69, 9.17) is 0 Å². The molecule has 0 saturated heterocycles. The third-order valence-electron chi connectivity index (χ3n) is 3.06. The zero-order valence-electron chi connectivity index (χ0n) is 11.3. The number of H-pyrrole nitrogens is 1. The lowest BCUT2D eigenvalue weighted by atomic mass is 10.1. The summed E-state index contributed by atoms with van der Waals surface area (Å²) < 4.78 is 0.752. The molecule has 2 amide bonds. The Hall–Kier alpha value is -2.67. The predicted octanol–water partition coefficient (Wildman–Crippen LogP) is 2.40. The van der Waals surface area contributed by atoms with Gasteiger partial charge in [0.2, 0.25) is 0 Å². The number of aromatic amines is 1. The topological polar surface area (TPSA) is 86.9 Å². The number of benzene rings is 1. The molecular weight excluding hydrogens is 348 g/mol. The van der Waals surface area contributed by atoms with Gasteiger partial charge in [0.25, 0.3) is 11.8 Å². The van der Waals surface area contributed by atoms with Crippen LogP contribution in [0.2, 0.25) is 0 Å². The van der Waals surface area contributed by atoms with Crippen LogP contribution in [0, 0.1) is 0 Å². The highest BCUT2D eigenvalue weighted by Gasteiger charge is 2.13. The summed E-state index contributed by atoms with van der Waals surface area (Å²) in [5.41, 5.74) is 6.06. The first-order valence-electron chi connectivity index (χ1n) is 6.43. The Kier molecular flexibility index (Phi) is 3.88. The number of fused-ring (bicyclic) bond motifs is 1. The Morgan fingerprint density at radius 1 is 1.09 bits per heavy atom. The van der Waals surface area contributed by atoms with E-state index < -0.39 is 11.8 Å². The lowest BCUT2D eigenvalue weighted by molar-refractivity contribution is 0.0845. The van der Waals surface area contributed by atoms with Gasteiger partial charge in [-0.05, 0) is 34.1 Å². The summed E-state index contributed by atoms with van der Waals surface area (Å²) in [5, 5.41) is 0.856. The molecule has 0 bridgehead atoms. The molecule has 0 unspecified atom stereocenters. The third kappa shape index (κ3) is 2.84. The molecule has 6 nitrogen and oxygen atoms in total. The first-order chi connectivity index (χ1) is 10.6. The molecule has 7 heteroatoms. The number of rotatable bonds is 2. The molecule has 2 heterocycles. The smallest absolute Gasteiger partial charge is 0.286 e. The van der Waals surface area contributed by atoms with E-state index in [0.29, 0.717) is 16.8 Å².